The largest absolute Gasteiger partial charge is 0.463 e. The van der Waals surface area contributed by atoms with Crippen LogP contribution in [0.5, 0.6) is 0 Å². The van der Waals surface area contributed by atoms with Gasteiger partial charge in [0.25, 0.3) is 0 Å². The van der Waals surface area contributed by atoms with Gasteiger partial charge < -0.3 is 105 Å². The van der Waals surface area contributed by atoms with Crippen molar-refractivity contribution in [1.82, 2.24) is 53.2 Å². The van der Waals surface area contributed by atoms with Gasteiger partial charge in [-0.1, -0.05) is 152 Å². The van der Waals surface area contributed by atoms with Crippen molar-refractivity contribution < 1.29 is 67.1 Å². The van der Waals surface area contributed by atoms with Crippen molar-refractivity contribution in [2.75, 3.05) is 112 Å². The number of nitrogens with one attached hydrogen (secondary N) is 10. The third-order valence-corrected chi connectivity index (χ3v) is 16.3. The first kappa shape index (κ1) is 101. The monoisotopic (exact) mass is 1550 g/mol. The highest BCUT2D eigenvalue weighted by atomic mass is 16.6. The van der Waals surface area contributed by atoms with Gasteiger partial charge in [-0.05, 0) is 201 Å². The van der Waals surface area contributed by atoms with Crippen LogP contribution in [0.2, 0.25) is 0 Å². The van der Waals surface area contributed by atoms with E-state index in [1.54, 1.807) is 7.05 Å². The molecule has 28 nitrogen and oxygen atoms in total. The minimum Gasteiger partial charge on any atom is -0.463 e. The number of carbonyl (C=O) groups excluding carboxylic acids is 8. The van der Waals surface area contributed by atoms with E-state index in [4.69, 9.17) is 46.0 Å². The number of fused-ring (bicyclic) bond motifs is 6. The SMILES string of the molecule is CC.CC(CCN)CNC(=O)OC(C)(C)C.CC(CCN)CNC(=O)OC(C)(C)C.CC(CN)CNC(=O)OC(C)(C)C.CC1CCCNC(=O)NC1.CC1CCNC(=O)NC1.CC1CNC(=O)NC1.CN.CNC(=O)OCC1c2ccccc2-c2ccccc21.O=C(CO)OCC1c2ccccc2-c2ccccc21. The summed E-state index contributed by atoms with van der Waals surface area (Å²) in [4.78, 5) is 87.6. The van der Waals surface area contributed by atoms with Crippen LogP contribution in [0.25, 0.3) is 22.3 Å². The Kier molecular flexibility index (Phi) is 51.7. The molecule has 10 amide bonds. The fraction of sp³-hybridized carbons (Fsp3) is 0.610. The van der Waals surface area contributed by atoms with Crippen LogP contribution in [0, 0.1) is 35.5 Å². The summed E-state index contributed by atoms with van der Waals surface area (Å²) >= 11 is 0. The minimum absolute atomic E-state index is 0.0217. The Morgan fingerprint density at radius 3 is 1.10 bits per heavy atom. The first-order chi connectivity index (χ1) is 52.0. The van der Waals surface area contributed by atoms with Gasteiger partial charge in [0.15, 0.2) is 0 Å². The van der Waals surface area contributed by atoms with E-state index >= 15 is 0 Å². The molecule has 5 atom stereocenters. The lowest BCUT2D eigenvalue weighted by molar-refractivity contribution is -0.147. The number of nitrogens with two attached hydrogens (primary N) is 4. The van der Waals surface area contributed by atoms with Crippen LogP contribution in [0.1, 0.15) is 184 Å². The van der Waals surface area contributed by atoms with Gasteiger partial charge >= 0.3 is 48.4 Å². The van der Waals surface area contributed by atoms with Gasteiger partial charge in [-0.25, -0.2) is 38.4 Å². The molecule has 4 aromatic carbocycles. The molecule has 622 valence electrons. The van der Waals surface area contributed by atoms with Gasteiger partial charge in [0, 0.05) is 77.8 Å². The number of aliphatic hydroxyl groups is 1. The molecule has 0 saturated carbocycles. The van der Waals surface area contributed by atoms with E-state index in [2.05, 4.69) is 128 Å². The van der Waals surface area contributed by atoms with Gasteiger partial charge in [0.2, 0.25) is 0 Å². The van der Waals surface area contributed by atoms with E-state index in [0.717, 1.165) is 65.0 Å². The summed E-state index contributed by atoms with van der Waals surface area (Å²) in [6.45, 7) is 41.6. The van der Waals surface area contributed by atoms with Crippen molar-refractivity contribution >= 4 is 48.4 Å². The van der Waals surface area contributed by atoms with E-state index < -0.39 is 29.4 Å². The number of amides is 10. The van der Waals surface area contributed by atoms with Crippen molar-refractivity contribution in [3.8, 4) is 22.3 Å². The highest BCUT2D eigenvalue weighted by molar-refractivity contribution is 5.81. The van der Waals surface area contributed by atoms with E-state index in [9.17, 15) is 38.4 Å². The maximum atomic E-state index is 11.3. The third kappa shape index (κ3) is 45.9. The summed E-state index contributed by atoms with van der Waals surface area (Å²) in [5.74, 6) is 2.50. The van der Waals surface area contributed by atoms with Crippen molar-refractivity contribution in [3.63, 3.8) is 0 Å². The summed E-state index contributed by atoms with van der Waals surface area (Å²) in [6, 6.07) is 32.8. The maximum Gasteiger partial charge on any atom is 0.407 e. The Balaban J connectivity index is 0.00000124. The zero-order chi connectivity index (χ0) is 83.4. The second kappa shape index (κ2) is 56.3. The number of ether oxygens (including phenoxy) is 5. The highest BCUT2D eigenvalue weighted by Crippen LogP contribution is 2.46. The lowest BCUT2D eigenvalue weighted by Crippen LogP contribution is -2.47. The molecule has 19 N–H and O–H groups in total. The Morgan fingerprint density at radius 1 is 0.464 bits per heavy atom. The fourth-order valence-electron chi connectivity index (χ4n) is 10.5. The molecule has 3 fully saturated rings. The Morgan fingerprint density at radius 2 is 0.773 bits per heavy atom. The molecule has 0 radical (unpaired) electrons. The molecule has 2 aliphatic carbocycles. The van der Waals surface area contributed by atoms with E-state index in [1.807, 2.05) is 145 Å². The predicted octanol–water partition coefficient (Wildman–Crippen LogP) is 11.2. The summed E-state index contributed by atoms with van der Waals surface area (Å²) in [6.07, 6.45) is 3.73. The zero-order valence-corrected chi connectivity index (χ0v) is 69.6. The molecule has 3 aliphatic heterocycles. The third-order valence-electron chi connectivity index (χ3n) is 16.3. The normalized spacial score (nSPS) is 16.0. The number of rotatable bonds is 16. The van der Waals surface area contributed by atoms with Crippen LogP contribution >= 0.6 is 0 Å². The van der Waals surface area contributed by atoms with Crippen LogP contribution in [0.4, 0.5) is 33.6 Å². The van der Waals surface area contributed by atoms with Gasteiger partial charge in [-0.2, -0.15) is 0 Å². The molecule has 0 bridgehead atoms. The van der Waals surface area contributed by atoms with Gasteiger partial charge in [-0.15, -0.1) is 0 Å². The van der Waals surface area contributed by atoms with Gasteiger partial charge in [0.1, 0.15) is 36.6 Å². The second-order valence-corrected chi connectivity index (χ2v) is 30.1. The van der Waals surface area contributed by atoms with Crippen molar-refractivity contribution in [1.29, 1.82) is 0 Å². The van der Waals surface area contributed by atoms with Crippen LogP contribution in [-0.4, -0.2) is 183 Å². The second-order valence-electron chi connectivity index (χ2n) is 30.1. The Bertz CT molecular complexity index is 3020. The molecule has 5 unspecified atom stereocenters. The number of benzene rings is 4. The van der Waals surface area contributed by atoms with Crippen LogP contribution < -0.4 is 76.1 Å². The van der Waals surface area contributed by atoms with Crippen molar-refractivity contribution in [2.24, 2.45) is 58.4 Å². The molecule has 28 heteroatoms. The molecule has 4 aromatic rings. The number of aliphatic hydroxyl groups excluding tert-OH is 1. The molecule has 0 aromatic heterocycles. The van der Waals surface area contributed by atoms with Crippen LogP contribution in [0.15, 0.2) is 97.1 Å². The number of urea groups is 3. The zero-order valence-electron chi connectivity index (χ0n) is 69.6. The molecular weight excluding hydrogens is 1400 g/mol. The smallest absolute Gasteiger partial charge is 0.407 e. The fourth-order valence-corrected chi connectivity index (χ4v) is 10.5. The minimum atomic E-state index is -0.582. The van der Waals surface area contributed by atoms with Crippen molar-refractivity contribution in [2.45, 2.75) is 178 Å². The standard InChI is InChI=1S/C16H15NO2.C16H14O3.2C10H22N2O2.C9H20N2O2.C7H14N2O.C6H12N2O.C5H10N2O.C2H6.CH5N/c1-17-16(18)19-10-15-13-8-4-2-6-11(13)12-7-3-5-9-14(12)15;17-9-16(18)19-10-15-13-7-3-1-5-11(13)12-6-2-4-8-14(12)15;2*1-8(5-6-11)7-12-9(13)14-10(2,3)4;1-7(5-10)6-11-8(12)13-9(2,3)4;1-6-3-2-4-8-7(10)9-5-6;1-5-2-3-7-6(9)8-4-5;1-4-2-6-5(8)7-3-4;2*1-2/h2-9,15H,10H2,1H3,(H,17,18);1-8,15,17H,9-10H2;2*8H,5-7,11H2,1-4H3,(H,12,13);7H,5-6,10H2,1-4H3,(H,11,12);6H,2-5H2,1H3,(H2,8,9,10);5H,2-4H2,1H3,(H2,7,8,9);4H,2-3H2,1H3,(H2,6,7,8);1-2H3;2H2,1H3. The molecule has 3 saturated heterocycles. The number of esters is 1. The molecule has 110 heavy (non-hydrogen) atoms. The predicted molar refractivity (Wildman–Crippen MR) is 440 cm³/mol. The van der Waals surface area contributed by atoms with Crippen LogP contribution in [0.3, 0.4) is 0 Å². The summed E-state index contributed by atoms with van der Waals surface area (Å²) in [5.41, 5.74) is 29.1. The average molecular weight is 1550 g/mol. The summed E-state index contributed by atoms with van der Waals surface area (Å²) < 4.78 is 25.6. The Hall–Kier alpha value is -8.96. The van der Waals surface area contributed by atoms with Gasteiger partial charge in [-0.3, -0.25) is 0 Å². The van der Waals surface area contributed by atoms with E-state index in [1.165, 1.54) is 58.0 Å². The summed E-state index contributed by atoms with van der Waals surface area (Å²) in [5, 5.41) is 35.6. The molecule has 9 rings (SSSR count). The molecule has 3 heterocycles. The van der Waals surface area contributed by atoms with Gasteiger partial charge in [0.05, 0.1) is 0 Å². The van der Waals surface area contributed by atoms with Crippen LogP contribution in [-0.2, 0) is 28.5 Å². The number of hydrogen-bond donors (Lipinski definition) is 15. The average Bonchev–Trinajstić information content (AvgIpc) is 1.63. The van der Waals surface area contributed by atoms with Crippen molar-refractivity contribution in [3.05, 3.63) is 119 Å². The first-order valence-corrected chi connectivity index (χ1v) is 38.6. The summed E-state index contributed by atoms with van der Waals surface area (Å²) in [7, 11) is 3.07. The maximum absolute atomic E-state index is 11.3. The first-order valence-electron chi connectivity index (χ1n) is 38.6. The van der Waals surface area contributed by atoms with E-state index in [-0.39, 0.29) is 66.8 Å². The highest BCUT2D eigenvalue weighted by Gasteiger charge is 2.31. The Labute approximate surface area is 656 Å². The number of carbonyl (C=O) groups is 8. The number of alkyl carbamates (subject to hydrolysis) is 4. The molecule has 5 aliphatic rings. The topological polar surface area (TPSA) is 427 Å². The number of hydrogen-bond acceptors (Lipinski definition) is 18. The van der Waals surface area contributed by atoms with E-state index in [0.29, 0.717) is 75.5 Å². The lowest BCUT2D eigenvalue weighted by atomic mass is 9.98. The lowest BCUT2D eigenvalue weighted by Gasteiger charge is -2.20. The molecule has 0 spiro atoms. The molecular formula is C82H140N14O14. The quantitative estimate of drug-likeness (QED) is 0.0366.